The van der Waals surface area contributed by atoms with E-state index in [1.54, 1.807) is 24.5 Å². The Morgan fingerprint density at radius 1 is 1.09 bits per heavy atom. The molecule has 3 aromatic rings. The van der Waals surface area contributed by atoms with Gasteiger partial charge >= 0.3 is 6.09 Å². The van der Waals surface area contributed by atoms with Gasteiger partial charge in [-0.15, -0.1) is 0 Å². The summed E-state index contributed by atoms with van der Waals surface area (Å²) in [4.78, 5) is 31.5. The number of pyridine rings is 1. The van der Waals surface area contributed by atoms with Crippen LogP contribution in [-0.4, -0.2) is 84.4 Å². The van der Waals surface area contributed by atoms with Gasteiger partial charge in [-0.25, -0.2) is 13.2 Å². The zero-order valence-corrected chi connectivity index (χ0v) is 26.1. The van der Waals surface area contributed by atoms with Crippen molar-refractivity contribution in [1.29, 1.82) is 0 Å². The van der Waals surface area contributed by atoms with E-state index in [9.17, 15) is 23.1 Å². The topological polar surface area (TPSA) is 148 Å². The summed E-state index contributed by atoms with van der Waals surface area (Å²) in [6, 6.07) is 16.4. The molecule has 2 aromatic carbocycles. The van der Waals surface area contributed by atoms with Gasteiger partial charge in [0.15, 0.2) is 17.6 Å². The van der Waals surface area contributed by atoms with Crippen LogP contribution in [0.1, 0.15) is 31.4 Å². The number of benzene rings is 2. The second-order valence-electron chi connectivity index (χ2n) is 11.3. The van der Waals surface area contributed by atoms with Crippen molar-refractivity contribution in [3.8, 4) is 11.5 Å². The molecule has 4 atom stereocenters. The number of rotatable bonds is 14. The monoisotopic (exact) mass is 638 g/mol. The van der Waals surface area contributed by atoms with Crippen molar-refractivity contribution in [2.45, 2.75) is 56.4 Å². The van der Waals surface area contributed by atoms with Gasteiger partial charge in [0.25, 0.3) is 5.91 Å². The van der Waals surface area contributed by atoms with Crippen molar-refractivity contribution in [2.24, 2.45) is 5.92 Å². The maximum Gasteiger partial charge on any atom is 0.411 e. The van der Waals surface area contributed by atoms with E-state index in [1.807, 2.05) is 50.2 Å². The number of sulfonamides is 1. The summed E-state index contributed by atoms with van der Waals surface area (Å²) >= 11 is 0. The summed E-state index contributed by atoms with van der Waals surface area (Å²) in [5.74, 6) is 0.202. The number of hydrogen-bond donors (Lipinski definition) is 2. The number of aliphatic hydroxyl groups is 1. The van der Waals surface area contributed by atoms with Gasteiger partial charge in [-0.3, -0.25) is 14.7 Å². The van der Waals surface area contributed by atoms with Gasteiger partial charge in [0.2, 0.25) is 16.8 Å². The number of fused-ring (bicyclic) bond motifs is 1. The van der Waals surface area contributed by atoms with Gasteiger partial charge in [0.1, 0.15) is 0 Å². The number of amides is 2. The molecule has 13 heteroatoms. The molecule has 240 valence electrons. The summed E-state index contributed by atoms with van der Waals surface area (Å²) in [6.45, 7) is 4.03. The number of carbonyl (C=O) groups excluding carboxylic acids is 2. The Morgan fingerprint density at radius 2 is 1.84 bits per heavy atom. The number of cyclic esters (lactones) is 1. The molecule has 1 saturated heterocycles. The number of nitrogens with one attached hydrogen (secondary N) is 1. The quantitative estimate of drug-likeness (QED) is 0.272. The normalized spacial score (nSPS) is 18.0. The van der Waals surface area contributed by atoms with Crippen LogP contribution in [0.2, 0.25) is 0 Å². The predicted molar refractivity (Wildman–Crippen MR) is 164 cm³/mol. The summed E-state index contributed by atoms with van der Waals surface area (Å²) in [6.07, 6.45) is 1.17. The maximum atomic E-state index is 13.9. The molecule has 2 aliphatic rings. The fourth-order valence-corrected chi connectivity index (χ4v) is 6.78. The maximum absolute atomic E-state index is 13.9. The highest BCUT2D eigenvalue weighted by molar-refractivity contribution is 7.89. The third-order valence-corrected chi connectivity index (χ3v) is 9.78. The highest BCUT2D eigenvalue weighted by Gasteiger charge is 2.38. The average molecular weight is 639 g/mol. The first-order chi connectivity index (χ1) is 21.6. The summed E-state index contributed by atoms with van der Waals surface area (Å²) in [7, 11) is -4.07. The van der Waals surface area contributed by atoms with Crippen LogP contribution in [0.4, 0.5) is 4.79 Å². The Morgan fingerprint density at radius 3 is 2.58 bits per heavy atom. The Hall–Kier alpha value is -4.20. The number of aromatic nitrogens is 1. The molecule has 0 aliphatic carbocycles. The van der Waals surface area contributed by atoms with E-state index >= 15 is 0 Å². The van der Waals surface area contributed by atoms with Crippen LogP contribution in [0.25, 0.3) is 0 Å². The van der Waals surface area contributed by atoms with Crippen molar-refractivity contribution >= 4 is 22.0 Å². The summed E-state index contributed by atoms with van der Waals surface area (Å²) in [5, 5.41) is 14.4. The van der Waals surface area contributed by atoms with E-state index in [2.05, 4.69) is 10.3 Å². The Balaban J connectivity index is 1.34. The predicted octanol–water partition coefficient (Wildman–Crippen LogP) is 2.96. The van der Waals surface area contributed by atoms with E-state index in [0.717, 1.165) is 17.5 Å². The SMILES string of the molecule is CC[C@H](C)CN(C[C@@H](O)[C@H](Cc1ccccc1)NC(=O)C1CN(Cc2cccnc2)C(=O)O1)S(=O)(=O)c1ccc2c(c1)OCO2. The Kier molecular flexibility index (Phi) is 10.2. The molecule has 1 unspecified atom stereocenters. The van der Waals surface area contributed by atoms with Crippen LogP contribution in [-0.2, 0) is 32.5 Å². The lowest BCUT2D eigenvalue weighted by Crippen LogP contribution is -2.53. The fraction of sp³-hybridized carbons (Fsp3) is 0.406. The highest BCUT2D eigenvalue weighted by atomic mass is 32.2. The third kappa shape index (κ3) is 7.91. The zero-order chi connectivity index (χ0) is 32.0. The van der Waals surface area contributed by atoms with Gasteiger partial charge in [-0.05, 0) is 41.7 Å². The lowest BCUT2D eigenvalue weighted by Gasteiger charge is -2.31. The number of ether oxygens (including phenoxy) is 3. The molecule has 0 saturated carbocycles. The molecule has 0 bridgehead atoms. The van der Waals surface area contributed by atoms with Crippen LogP contribution in [0, 0.1) is 5.92 Å². The number of aliphatic hydroxyl groups excluding tert-OH is 1. The first-order valence-corrected chi connectivity index (χ1v) is 16.3. The standard InChI is InChI=1S/C32H38N4O8S/c1-3-22(2)17-36(45(40,41)25-11-12-28-29(15-25)43-21-42-28)19-27(37)26(14-23-8-5-4-6-9-23)34-31(38)30-20-35(32(39)44-30)18-24-10-7-13-33-16-24/h4-13,15-16,22,26-27,30,37H,3,14,17-21H2,1-2H3,(H,34,38)/t22-,26-,27+,30?/m0/s1. The van der Waals surface area contributed by atoms with Crippen molar-refractivity contribution < 1.29 is 37.3 Å². The van der Waals surface area contributed by atoms with Crippen LogP contribution in [0.5, 0.6) is 11.5 Å². The van der Waals surface area contributed by atoms with E-state index < -0.39 is 40.3 Å². The largest absolute Gasteiger partial charge is 0.454 e. The lowest BCUT2D eigenvalue weighted by molar-refractivity contribution is -0.129. The van der Waals surface area contributed by atoms with E-state index in [0.29, 0.717) is 11.5 Å². The molecular weight excluding hydrogens is 600 g/mol. The van der Waals surface area contributed by atoms with Crippen molar-refractivity contribution in [3.63, 3.8) is 0 Å². The van der Waals surface area contributed by atoms with Gasteiger partial charge in [-0.2, -0.15) is 4.31 Å². The first kappa shape index (κ1) is 32.2. The summed E-state index contributed by atoms with van der Waals surface area (Å²) < 4.78 is 45.2. The van der Waals surface area contributed by atoms with Crippen LogP contribution >= 0.6 is 0 Å². The van der Waals surface area contributed by atoms with Gasteiger partial charge < -0.3 is 24.6 Å². The number of hydrogen-bond acceptors (Lipinski definition) is 9. The smallest absolute Gasteiger partial charge is 0.411 e. The molecule has 45 heavy (non-hydrogen) atoms. The molecule has 1 aromatic heterocycles. The van der Waals surface area contributed by atoms with Crippen LogP contribution in [0.3, 0.4) is 0 Å². The summed E-state index contributed by atoms with van der Waals surface area (Å²) in [5.41, 5.74) is 1.62. The molecular formula is C32H38N4O8S. The van der Waals surface area contributed by atoms with Crippen LogP contribution in [0.15, 0.2) is 78.0 Å². The van der Waals surface area contributed by atoms with Gasteiger partial charge in [0, 0.05) is 31.5 Å². The van der Waals surface area contributed by atoms with Gasteiger partial charge in [-0.1, -0.05) is 56.7 Å². The van der Waals surface area contributed by atoms with E-state index in [1.165, 1.54) is 21.3 Å². The molecule has 0 spiro atoms. The van der Waals surface area contributed by atoms with Crippen molar-refractivity contribution in [2.75, 3.05) is 26.4 Å². The molecule has 5 rings (SSSR count). The molecule has 2 N–H and O–H groups in total. The second-order valence-corrected chi connectivity index (χ2v) is 13.3. The number of carbonyl (C=O) groups is 2. The number of nitrogens with zero attached hydrogens (tertiary/aromatic N) is 3. The minimum Gasteiger partial charge on any atom is -0.454 e. The zero-order valence-electron chi connectivity index (χ0n) is 25.2. The minimum atomic E-state index is -4.07. The van der Waals surface area contributed by atoms with Crippen molar-refractivity contribution in [1.82, 2.24) is 19.5 Å². The molecule has 2 amide bonds. The average Bonchev–Trinajstić information content (AvgIpc) is 3.67. The molecule has 12 nitrogen and oxygen atoms in total. The minimum absolute atomic E-state index is 0.00647. The van der Waals surface area contributed by atoms with E-state index in [4.69, 9.17) is 14.2 Å². The van der Waals surface area contributed by atoms with Gasteiger partial charge in [0.05, 0.1) is 30.1 Å². The Bertz CT molecular complexity index is 1570. The van der Waals surface area contributed by atoms with Crippen molar-refractivity contribution in [3.05, 3.63) is 84.2 Å². The first-order valence-electron chi connectivity index (χ1n) is 14.9. The second kappa shape index (κ2) is 14.3. The highest BCUT2D eigenvalue weighted by Crippen LogP contribution is 2.35. The lowest BCUT2D eigenvalue weighted by atomic mass is 10.0. The fourth-order valence-electron chi connectivity index (χ4n) is 5.18. The molecule has 2 aliphatic heterocycles. The molecule has 1 fully saturated rings. The van der Waals surface area contributed by atoms with E-state index in [-0.39, 0.29) is 50.2 Å². The molecule has 0 radical (unpaired) electrons. The third-order valence-electron chi connectivity index (χ3n) is 7.95. The van der Waals surface area contributed by atoms with Crippen LogP contribution < -0.4 is 14.8 Å². The Labute approximate surface area is 263 Å². The molecule has 3 heterocycles.